The molecule has 3 aromatic carbocycles. The Morgan fingerprint density at radius 2 is 1.87 bits per heavy atom. The Balaban J connectivity index is 0.00000134. The molecule has 15 heteroatoms. The first-order chi connectivity index (χ1) is 22.3. The molecule has 0 aliphatic carbocycles. The van der Waals surface area contributed by atoms with Crippen molar-refractivity contribution in [3.8, 4) is 28.7 Å². The summed E-state index contributed by atoms with van der Waals surface area (Å²) in [5.74, 6) is 0.466. The second kappa shape index (κ2) is 14.4. The van der Waals surface area contributed by atoms with Gasteiger partial charge >= 0.3 is 6.03 Å². The first-order valence-corrected chi connectivity index (χ1v) is 14.1. The molecule has 3 heterocycles. The maximum absolute atomic E-state index is 14.5. The van der Waals surface area contributed by atoms with Crippen LogP contribution < -0.4 is 39.6 Å². The summed E-state index contributed by atoms with van der Waals surface area (Å²) in [5.41, 5.74) is 1.26. The summed E-state index contributed by atoms with van der Waals surface area (Å²) >= 11 is 0. The number of ether oxygens (including phenoxy) is 5. The van der Waals surface area contributed by atoms with Crippen molar-refractivity contribution >= 4 is 30.0 Å². The molecule has 4 N–H and O–H groups in total. The van der Waals surface area contributed by atoms with E-state index in [1.165, 1.54) is 25.3 Å². The Hall–Kier alpha value is -5.73. The largest absolute Gasteiger partial charge is 0.493 e. The number of likely N-dealkylation sites (tertiary alicyclic amines) is 1. The van der Waals surface area contributed by atoms with Crippen LogP contribution in [0.5, 0.6) is 28.7 Å². The highest BCUT2D eigenvalue weighted by Crippen LogP contribution is 2.34. The summed E-state index contributed by atoms with van der Waals surface area (Å²) < 4.78 is 42.4. The molecule has 6 rings (SSSR count). The summed E-state index contributed by atoms with van der Waals surface area (Å²) in [6.07, 6.45) is -0.247. The second-order valence-corrected chi connectivity index (χ2v) is 10.3. The highest BCUT2D eigenvalue weighted by molar-refractivity contribution is 5.95. The number of methoxy groups -OCH3 is 1. The fourth-order valence-corrected chi connectivity index (χ4v) is 5.11. The van der Waals surface area contributed by atoms with E-state index >= 15 is 0 Å². The predicted octanol–water partition coefficient (Wildman–Crippen LogP) is 2.76. The van der Waals surface area contributed by atoms with Crippen molar-refractivity contribution in [3.05, 3.63) is 71.5 Å². The number of benzene rings is 3. The van der Waals surface area contributed by atoms with E-state index in [-0.39, 0.29) is 56.1 Å². The number of nitrogens with zero attached hydrogens (tertiary/aromatic N) is 1. The maximum Gasteiger partial charge on any atom is 0.321 e. The molecule has 46 heavy (non-hydrogen) atoms. The van der Waals surface area contributed by atoms with E-state index in [0.29, 0.717) is 41.5 Å². The van der Waals surface area contributed by atoms with Crippen LogP contribution in [0.2, 0.25) is 0 Å². The highest BCUT2D eigenvalue weighted by atomic mass is 19.1. The van der Waals surface area contributed by atoms with E-state index in [1.54, 1.807) is 41.3 Å². The molecule has 4 amide bonds. The minimum absolute atomic E-state index is 0.0477. The van der Waals surface area contributed by atoms with Gasteiger partial charge in [-0.3, -0.25) is 14.4 Å². The van der Waals surface area contributed by atoms with Gasteiger partial charge in [0.25, 0.3) is 18.3 Å². The molecule has 1 saturated heterocycles. The van der Waals surface area contributed by atoms with E-state index in [2.05, 4.69) is 16.0 Å². The number of carbonyl (C=O) groups excluding carboxylic acids is 3. The van der Waals surface area contributed by atoms with Crippen molar-refractivity contribution in [2.75, 3.05) is 38.9 Å². The van der Waals surface area contributed by atoms with Gasteiger partial charge in [-0.05, 0) is 48.0 Å². The minimum atomic E-state index is -0.658. The number of hydrogen-bond donors (Lipinski definition) is 4. The van der Waals surface area contributed by atoms with Crippen molar-refractivity contribution < 1.29 is 52.4 Å². The van der Waals surface area contributed by atoms with Crippen molar-refractivity contribution in [2.45, 2.75) is 25.1 Å². The molecule has 3 aliphatic heterocycles. The lowest BCUT2D eigenvalue weighted by molar-refractivity contribution is -0.123. The van der Waals surface area contributed by atoms with E-state index in [9.17, 15) is 18.8 Å². The number of amides is 4. The minimum Gasteiger partial charge on any atom is -0.493 e. The van der Waals surface area contributed by atoms with Gasteiger partial charge in [-0.1, -0.05) is 0 Å². The van der Waals surface area contributed by atoms with Gasteiger partial charge in [-0.2, -0.15) is 0 Å². The van der Waals surface area contributed by atoms with Crippen LogP contribution in [0, 0.1) is 5.82 Å². The molecule has 0 aromatic heterocycles. The zero-order valence-corrected chi connectivity index (χ0v) is 24.6. The van der Waals surface area contributed by atoms with Crippen LogP contribution in [0.3, 0.4) is 0 Å². The third kappa shape index (κ3) is 7.67. The first-order valence-electron chi connectivity index (χ1n) is 14.1. The summed E-state index contributed by atoms with van der Waals surface area (Å²) in [6.45, 7) is -0.00797. The number of piperidine rings is 1. The Morgan fingerprint density at radius 1 is 1.07 bits per heavy atom. The number of fused-ring (bicyclic) bond motifs is 6. The standard InChI is InChI=1S/C30H29FN4O8.CH2O2/c1-39-24-4-2-18-10-26(24)40-15-28(36)32-13-17-8-19(31)11-21(9-17)43-23-6-7-35(14-22(23)34-29(18)37)30(38)33-20-3-5-25-27(12-20)42-16-41-25;2-1-3/h2-5,8-12,22-23H,6-7,13-16H2,1H3,(H,32,36)(H,33,38)(H,34,37);1H,(H,2,3)/t22-,23+;/m0./s1. The lowest BCUT2D eigenvalue weighted by atomic mass is 10.0. The molecule has 0 radical (unpaired) electrons. The summed E-state index contributed by atoms with van der Waals surface area (Å²) in [5, 5.41) is 15.4. The predicted molar refractivity (Wildman–Crippen MR) is 159 cm³/mol. The number of anilines is 1. The molecule has 242 valence electrons. The number of carboxylic acid groups (broad SMARTS) is 1. The Morgan fingerprint density at radius 3 is 2.67 bits per heavy atom. The quantitative estimate of drug-likeness (QED) is 0.306. The van der Waals surface area contributed by atoms with Gasteiger partial charge in [0.05, 0.1) is 13.2 Å². The van der Waals surface area contributed by atoms with Crippen LogP contribution in [-0.4, -0.2) is 80.1 Å². The normalized spacial score (nSPS) is 18.6. The maximum atomic E-state index is 14.5. The van der Waals surface area contributed by atoms with Crippen LogP contribution in [0.4, 0.5) is 14.9 Å². The summed E-state index contributed by atoms with van der Waals surface area (Å²) in [6, 6.07) is 12.8. The topological polar surface area (TPSA) is 174 Å². The van der Waals surface area contributed by atoms with E-state index in [4.69, 9.17) is 33.6 Å². The van der Waals surface area contributed by atoms with Gasteiger partial charge in [0, 0.05) is 49.4 Å². The molecule has 3 aromatic rings. The molecular formula is C31H31FN4O10. The molecule has 0 saturated carbocycles. The number of rotatable bonds is 2. The number of halogens is 1. The third-order valence-electron chi connectivity index (χ3n) is 7.27. The van der Waals surface area contributed by atoms with E-state index < -0.39 is 29.8 Å². The van der Waals surface area contributed by atoms with Crippen molar-refractivity contribution in [3.63, 3.8) is 0 Å². The second-order valence-electron chi connectivity index (χ2n) is 10.3. The van der Waals surface area contributed by atoms with Gasteiger partial charge < -0.3 is 49.6 Å². The smallest absolute Gasteiger partial charge is 0.321 e. The molecular weight excluding hydrogens is 607 g/mol. The lowest BCUT2D eigenvalue weighted by Gasteiger charge is -2.38. The highest BCUT2D eigenvalue weighted by Gasteiger charge is 2.35. The van der Waals surface area contributed by atoms with E-state index in [0.717, 1.165) is 0 Å². The average molecular weight is 639 g/mol. The monoisotopic (exact) mass is 638 g/mol. The number of urea groups is 1. The number of carbonyl (C=O) groups is 4. The first kappa shape index (κ1) is 31.7. The van der Waals surface area contributed by atoms with Gasteiger partial charge in [0.2, 0.25) is 6.79 Å². The molecule has 14 nitrogen and oxygen atoms in total. The Bertz CT molecular complexity index is 1620. The zero-order valence-electron chi connectivity index (χ0n) is 24.6. The van der Waals surface area contributed by atoms with Gasteiger partial charge in [0.1, 0.15) is 17.7 Å². The zero-order chi connectivity index (χ0) is 32.6. The van der Waals surface area contributed by atoms with Gasteiger partial charge in [0.15, 0.2) is 29.6 Å². The molecule has 4 bridgehead atoms. The van der Waals surface area contributed by atoms with Crippen molar-refractivity contribution in [1.82, 2.24) is 15.5 Å². The van der Waals surface area contributed by atoms with Gasteiger partial charge in [-0.25, -0.2) is 9.18 Å². The average Bonchev–Trinajstić information content (AvgIpc) is 3.51. The number of hydrogen-bond acceptors (Lipinski definition) is 9. The van der Waals surface area contributed by atoms with Crippen LogP contribution in [0.25, 0.3) is 0 Å². The van der Waals surface area contributed by atoms with Crippen LogP contribution in [0.1, 0.15) is 22.3 Å². The number of nitrogens with one attached hydrogen (secondary N) is 3. The van der Waals surface area contributed by atoms with Crippen LogP contribution in [0.15, 0.2) is 54.6 Å². The Kier molecular flexibility index (Phi) is 9.90. The third-order valence-corrected chi connectivity index (χ3v) is 7.27. The molecule has 1 fully saturated rings. The lowest BCUT2D eigenvalue weighted by Crippen LogP contribution is -2.58. The van der Waals surface area contributed by atoms with Crippen molar-refractivity contribution in [1.29, 1.82) is 0 Å². The summed E-state index contributed by atoms with van der Waals surface area (Å²) in [7, 11) is 1.45. The molecule has 2 atom stereocenters. The SMILES string of the molecule is COc1ccc2cc1OCC(=O)NCc1cc(F)cc(c1)O[C@@H]1CCN(C(=O)Nc3ccc4c(c3)OCO4)C[C@@H]1NC2=O.O=CO. The molecule has 0 unspecified atom stereocenters. The summed E-state index contributed by atoms with van der Waals surface area (Å²) in [4.78, 5) is 49.1. The fourth-order valence-electron chi connectivity index (χ4n) is 5.11. The fraction of sp³-hybridized carbons (Fsp3) is 0.290. The van der Waals surface area contributed by atoms with Crippen molar-refractivity contribution in [2.24, 2.45) is 0 Å². The van der Waals surface area contributed by atoms with Crippen LogP contribution in [-0.2, 0) is 16.1 Å². The van der Waals surface area contributed by atoms with Crippen LogP contribution >= 0.6 is 0 Å². The van der Waals surface area contributed by atoms with Gasteiger partial charge in [-0.15, -0.1) is 0 Å². The van der Waals surface area contributed by atoms with E-state index in [1.807, 2.05) is 0 Å². The Labute approximate surface area is 262 Å². The molecule has 3 aliphatic rings. The molecule has 0 spiro atoms.